The first-order chi connectivity index (χ1) is 7.56. The van der Waals surface area contributed by atoms with Crippen molar-refractivity contribution in [3.8, 4) is 11.5 Å². The summed E-state index contributed by atoms with van der Waals surface area (Å²) in [6.07, 6.45) is 2.10. The molecule has 1 heterocycles. The maximum atomic E-state index is 5.82. The minimum Gasteiger partial charge on any atom is -0.523 e. The molecule has 0 amide bonds. The summed E-state index contributed by atoms with van der Waals surface area (Å²) in [7, 11) is -0.0853. The van der Waals surface area contributed by atoms with E-state index in [1.165, 1.54) is 11.1 Å². The topological polar surface area (TPSA) is 18.5 Å². The standard InChI is InChI=1S/C13H19BO2/c1-9(2)5-6-14-15-12-8-10(3)7-11(4)13(12)16-14/h7-9H,5-6H2,1-4H3. The summed E-state index contributed by atoms with van der Waals surface area (Å²) >= 11 is 0. The smallest absolute Gasteiger partial charge is 0.523 e. The maximum Gasteiger partial charge on any atom is 0.594 e. The molecule has 0 N–H and O–H groups in total. The molecule has 0 spiro atoms. The predicted molar refractivity (Wildman–Crippen MR) is 67.2 cm³/mol. The Morgan fingerprint density at radius 1 is 1.19 bits per heavy atom. The summed E-state index contributed by atoms with van der Waals surface area (Å²) in [5.74, 6) is 2.53. The molecule has 86 valence electrons. The molecule has 1 aliphatic rings. The molecule has 2 rings (SSSR count). The minimum absolute atomic E-state index is 0.0853. The van der Waals surface area contributed by atoms with E-state index in [1.54, 1.807) is 0 Å². The van der Waals surface area contributed by atoms with Gasteiger partial charge in [-0.3, -0.25) is 0 Å². The first kappa shape index (κ1) is 11.4. The molecule has 0 aromatic heterocycles. The Labute approximate surface area is 98.1 Å². The Bertz CT molecular complexity index is 388. The number of benzene rings is 1. The molecule has 0 atom stereocenters. The van der Waals surface area contributed by atoms with Gasteiger partial charge in [0.15, 0.2) is 0 Å². The van der Waals surface area contributed by atoms with Crippen LogP contribution in [0.4, 0.5) is 0 Å². The third-order valence-electron chi connectivity index (χ3n) is 2.87. The molecule has 0 aliphatic carbocycles. The summed E-state index contributed by atoms with van der Waals surface area (Å²) in [5.41, 5.74) is 2.39. The fourth-order valence-electron chi connectivity index (χ4n) is 2.04. The molecule has 1 aromatic carbocycles. The Morgan fingerprint density at radius 3 is 2.62 bits per heavy atom. The van der Waals surface area contributed by atoms with Gasteiger partial charge in [-0.05, 0) is 43.4 Å². The Balaban J connectivity index is 2.06. The van der Waals surface area contributed by atoms with Crippen LogP contribution >= 0.6 is 0 Å². The average molecular weight is 218 g/mol. The van der Waals surface area contributed by atoms with Gasteiger partial charge < -0.3 is 9.31 Å². The van der Waals surface area contributed by atoms with Crippen molar-refractivity contribution in [2.24, 2.45) is 5.92 Å². The third-order valence-corrected chi connectivity index (χ3v) is 2.87. The average Bonchev–Trinajstić information content (AvgIpc) is 2.57. The van der Waals surface area contributed by atoms with E-state index in [9.17, 15) is 0 Å². The summed E-state index contributed by atoms with van der Waals surface area (Å²) in [5, 5.41) is 0. The normalized spacial score (nSPS) is 13.7. The monoisotopic (exact) mass is 218 g/mol. The van der Waals surface area contributed by atoms with Gasteiger partial charge in [0.05, 0.1) is 0 Å². The van der Waals surface area contributed by atoms with Crippen molar-refractivity contribution in [2.45, 2.75) is 40.4 Å². The van der Waals surface area contributed by atoms with E-state index in [1.807, 2.05) is 0 Å². The molecule has 0 saturated heterocycles. The van der Waals surface area contributed by atoms with Crippen LogP contribution in [0.1, 0.15) is 31.4 Å². The van der Waals surface area contributed by atoms with Crippen LogP contribution in [0.3, 0.4) is 0 Å². The summed E-state index contributed by atoms with van der Waals surface area (Å²) in [4.78, 5) is 0. The minimum atomic E-state index is -0.0853. The highest BCUT2D eigenvalue weighted by molar-refractivity contribution is 6.47. The maximum absolute atomic E-state index is 5.82. The lowest BCUT2D eigenvalue weighted by Gasteiger charge is -2.06. The van der Waals surface area contributed by atoms with Gasteiger partial charge in [-0.1, -0.05) is 19.9 Å². The van der Waals surface area contributed by atoms with Crippen LogP contribution in [0.5, 0.6) is 11.5 Å². The van der Waals surface area contributed by atoms with Crippen LogP contribution in [0.2, 0.25) is 6.32 Å². The second-order valence-electron chi connectivity index (χ2n) is 5.05. The van der Waals surface area contributed by atoms with Gasteiger partial charge in [0.1, 0.15) is 11.5 Å². The van der Waals surface area contributed by atoms with Crippen LogP contribution in [0.25, 0.3) is 0 Å². The zero-order chi connectivity index (χ0) is 11.7. The summed E-state index contributed by atoms with van der Waals surface area (Å²) in [6, 6.07) is 4.19. The van der Waals surface area contributed by atoms with Crippen molar-refractivity contribution in [2.75, 3.05) is 0 Å². The summed E-state index contributed by atoms with van der Waals surface area (Å²) in [6.45, 7) is 8.59. The highest BCUT2D eigenvalue weighted by Crippen LogP contribution is 2.38. The van der Waals surface area contributed by atoms with Crippen molar-refractivity contribution >= 4 is 7.12 Å². The number of fused-ring (bicyclic) bond motifs is 1. The zero-order valence-electron chi connectivity index (χ0n) is 10.5. The van der Waals surface area contributed by atoms with Crippen molar-refractivity contribution in [3.05, 3.63) is 23.3 Å². The second kappa shape index (κ2) is 4.40. The van der Waals surface area contributed by atoms with E-state index >= 15 is 0 Å². The van der Waals surface area contributed by atoms with Gasteiger partial charge >= 0.3 is 7.12 Å². The van der Waals surface area contributed by atoms with E-state index < -0.39 is 0 Å². The fourth-order valence-corrected chi connectivity index (χ4v) is 2.04. The van der Waals surface area contributed by atoms with Crippen LogP contribution in [0.15, 0.2) is 12.1 Å². The molecule has 0 fully saturated rings. The lowest BCUT2D eigenvalue weighted by Crippen LogP contribution is -2.24. The van der Waals surface area contributed by atoms with Crippen molar-refractivity contribution in [3.63, 3.8) is 0 Å². The van der Waals surface area contributed by atoms with Crippen molar-refractivity contribution in [1.29, 1.82) is 0 Å². The van der Waals surface area contributed by atoms with Crippen molar-refractivity contribution < 1.29 is 9.31 Å². The highest BCUT2D eigenvalue weighted by Gasteiger charge is 2.32. The van der Waals surface area contributed by atoms with Gasteiger partial charge in [0, 0.05) is 6.32 Å². The lowest BCUT2D eigenvalue weighted by molar-refractivity contribution is 0.478. The van der Waals surface area contributed by atoms with Crippen LogP contribution in [-0.4, -0.2) is 7.12 Å². The molecular formula is C13H19BO2. The Hall–Kier alpha value is -1.12. The van der Waals surface area contributed by atoms with Gasteiger partial charge in [-0.15, -0.1) is 0 Å². The van der Waals surface area contributed by atoms with E-state index in [0.29, 0.717) is 5.92 Å². The molecule has 0 bridgehead atoms. The number of hydrogen-bond donors (Lipinski definition) is 0. The Morgan fingerprint density at radius 2 is 1.94 bits per heavy atom. The molecule has 1 aliphatic heterocycles. The SMILES string of the molecule is Cc1cc(C)c2c(c1)OB(CCC(C)C)O2. The first-order valence-corrected chi connectivity index (χ1v) is 6.01. The zero-order valence-corrected chi connectivity index (χ0v) is 10.5. The molecule has 1 aromatic rings. The van der Waals surface area contributed by atoms with Gasteiger partial charge in [0.25, 0.3) is 0 Å². The van der Waals surface area contributed by atoms with E-state index in [2.05, 4.69) is 39.8 Å². The van der Waals surface area contributed by atoms with Crippen LogP contribution < -0.4 is 9.31 Å². The van der Waals surface area contributed by atoms with E-state index in [4.69, 9.17) is 9.31 Å². The lowest BCUT2D eigenvalue weighted by atomic mass is 9.81. The largest absolute Gasteiger partial charge is 0.594 e. The van der Waals surface area contributed by atoms with Gasteiger partial charge in [-0.25, -0.2) is 0 Å². The third kappa shape index (κ3) is 2.34. The van der Waals surface area contributed by atoms with Crippen LogP contribution in [0, 0.1) is 19.8 Å². The predicted octanol–water partition coefficient (Wildman–Crippen LogP) is 3.61. The molecule has 16 heavy (non-hydrogen) atoms. The highest BCUT2D eigenvalue weighted by atomic mass is 16.6. The van der Waals surface area contributed by atoms with Gasteiger partial charge in [-0.2, -0.15) is 0 Å². The number of aryl methyl sites for hydroxylation is 2. The first-order valence-electron chi connectivity index (χ1n) is 6.01. The second-order valence-corrected chi connectivity index (χ2v) is 5.05. The van der Waals surface area contributed by atoms with E-state index in [-0.39, 0.29) is 7.12 Å². The van der Waals surface area contributed by atoms with Gasteiger partial charge in [0.2, 0.25) is 0 Å². The van der Waals surface area contributed by atoms with E-state index in [0.717, 1.165) is 24.2 Å². The summed E-state index contributed by atoms with van der Waals surface area (Å²) < 4.78 is 11.6. The number of rotatable bonds is 3. The van der Waals surface area contributed by atoms with Crippen molar-refractivity contribution in [1.82, 2.24) is 0 Å². The Kier molecular flexibility index (Phi) is 3.13. The molecule has 2 nitrogen and oxygen atoms in total. The molecular weight excluding hydrogens is 199 g/mol. The quantitative estimate of drug-likeness (QED) is 0.721. The number of hydrogen-bond acceptors (Lipinski definition) is 2. The fraction of sp³-hybridized carbons (Fsp3) is 0.538. The van der Waals surface area contributed by atoms with Crippen LogP contribution in [-0.2, 0) is 0 Å². The molecule has 3 heteroatoms. The molecule has 0 unspecified atom stereocenters. The molecule has 0 radical (unpaired) electrons. The molecule has 0 saturated carbocycles.